The number of hydrogen-bond acceptors (Lipinski definition) is 4. The minimum absolute atomic E-state index is 0.0240. The zero-order chi connectivity index (χ0) is 18.4. The van der Waals surface area contributed by atoms with Crippen molar-refractivity contribution in [3.8, 4) is 11.4 Å². The quantitative estimate of drug-likeness (QED) is 0.620. The van der Waals surface area contributed by atoms with Crippen LogP contribution in [0.3, 0.4) is 0 Å². The Kier molecular flexibility index (Phi) is 6.07. The largest absolute Gasteiger partial charge is 0.349 e. The fourth-order valence-electron chi connectivity index (χ4n) is 2.58. The van der Waals surface area contributed by atoms with E-state index in [1.807, 2.05) is 49.4 Å². The highest BCUT2D eigenvalue weighted by atomic mass is 32.2. The van der Waals surface area contributed by atoms with Gasteiger partial charge in [0.1, 0.15) is 0 Å². The van der Waals surface area contributed by atoms with Crippen molar-refractivity contribution >= 4 is 17.7 Å². The maximum Gasteiger partial charge on any atom is 0.230 e. The van der Waals surface area contributed by atoms with E-state index in [2.05, 4.69) is 39.6 Å². The van der Waals surface area contributed by atoms with Crippen molar-refractivity contribution in [1.82, 2.24) is 20.5 Å². The van der Waals surface area contributed by atoms with Crippen LogP contribution in [-0.2, 0) is 11.2 Å². The third kappa shape index (κ3) is 4.73. The summed E-state index contributed by atoms with van der Waals surface area (Å²) in [5.41, 5.74) is 3.36. The molecule has 1 aromatic heterocycles. The lowest BCUT2D eigenvalue weighted by atomic mass is 10.1. The van der Waals surface area contributed by atoms with E-state index in [1.165, 1.54) is 17.3 Å². The van der Waals surface area contributed by atoms with Gasteiger partial charge >= 0.3 is 0 Å². The molecule has 0 aliphatic carbocycles. The number of carbonyl (C=O) groups excluding carboxylic acids is 1. The van der Waals surface area contributed by atoms with E-state index in [9.17, 15) is 4.79 Å². The molecule has 2 aromatic carbocycles. The van der Waals surface area contributed by atoms with E-state index in [4.69, 9.17) is 0 Å². The molecule has 2 N–H and O–H groups in total. The van der Waals surface area contributed by atoms with Crippen molar-refractivity contribution < 1.29 is 4.79 Å². The van der Waals surface area contributed by atoms with E-state index < -0.39 is 0 Å². The van der Waals surface area contributed by atoms with Crippen molar-refractivity contribution in [2.24, 2.45) is 0 Å². The summed E-state index contributed by atoms with van der Waals surface area (Å²) < 4.78 is 0. The second-order valence-electron chi connectivity index (χ2n) is 6.01. The van der Waals surface area contributed by atoms with Gasteiger partial charge in [-0.1, -0.05) is 73.3 Å². The average Bonchev–Trinajstić information content (AvgIpc) is 3.16. The first-order valence-electron chi connectivity index (χ1n) is 8.64. The van der Waals surface area contributed by atoms with Crippen LogP contribution < -0.4 is 5.32 Å². The Morgan fingerprint density at radius 2 is 1.88 bits per heavy atom. The third-order valence-corrected chi connectivity index (χ3v) is 4.96. The van der Waals surface area contributed by atoms with Gasteiger partial charge in [0.15, 0.2) is 5.82 Å². The Hall–Kier alpha value is -2.60. The van der Waals surface area contributed by atoms with Gasteiger partial charge < -0.3 is 5.32 Å². The van der Waals surface area contributed by atoms with Crippen LogP contribution in [-0.4, -0.2) is 26.8 Å². The average molecular weight is 366 g/mol. The Labute approximate surface area is 157 Å². The Morgan fingerprint density at radius 3 is 2.58 bits per heavy atom. The number of nitrogens with one attached hydrogen (secondary N) is 2. The summed E-state index contributed by atoms with van der Waals surface area (Å²) in [6, 6.07) is 18.1. The van der Waals surface area contributed by atoms with Crippen LogP contribution in [0.1, 0.15) is 31.0 Å². The number of benzene rings is 2. The van der Waals surface area contributed by atoms with Crippen LogP contribution in [0.2, 0.25) is 0 Å². The Morgan fingerprint density at radius 1 is 1.15 bits per heavy atom. The zero-order valence-corrected chi connectivity index (χ0v) is 15.7. The highest BCUT2D eigenvalue weighted by Crippen LogP contribution is 2.20. The molecule has 1 heterocycles. The van der Waals surface area contributed by atoms with Crippen LogP contribution in [0.5, 0.6) is 0 Å². The summed E-state index contributed by atoms with van der Waals surface area (Å²) in [7, 11) is 0. The second-order valence-corrected chi connectivity index (χ2v) is 6.95. The number of hydrogen-bond donors (Lipinski definition) is 2. The lowest BCUT2D eigenvalue weighted by molar-refractivity contribution is -0.119. The smallest absolute Gasteiger partial charge is 0.230 e. The molecular formula is C20H22N4OS. The predicted octanol–water partition coefficient (Wildman–Crippen LogP) is 4.00. The molecule has 1 amide bonds. The summed E-state index contributed by atoms with van der Waals surface area (Å²) in [4.78, 5) is 16.6. The molecule has 1 atom stereocenters. The number of nitrogens with zero attached hydrogens (tertiary/aromatic N) is 2. The van der Waals surface area contributed by atoms with Gasteiger partial charge in [0.05, 0.1) is 11.8 Å². The molecular weight excluding hydrogens is 344 g/mol. The van der Waals surface area contributed by atoms with Gasteiger partial charge in [-0.2, -0.15) is 0 Å². The first-order valence-corrected chi connectivity index (χ1v) is 9.63. The minimum atomic E-state index is -0.0370. The molecule has 1 unspecified atom stereocenters. The number of amides is 1. The SMILES string of the molecule is CCc1ccc(-c2nc(SCC(=O)NC(C)c3ccccc3)n[nH]2)cc1. The summed E-state index contributed by atoms with van der Waals surface area (Å²) >= 11 is 1.32. The molecule has 0 radical (unpaired) electrons. The van der Waals surface area contributed by atoms with E-state index in [0.717, 1.165) is 17.5 Å². The standard InChI is InChI=1S/C20H22N4OS/c1-3-15-9-11-17(12-10-15)19-22-20(24-23-19)26-13-18(25)21-14(2)16-7-5-4-6-8-16/h4-12,14H,3,13H2,1-2H3,(H,21,25)(H,22,23,24). The van der Waals surface area contributed by atoms with E-state index in [0.29, 0.717) is 11.0 Å². The van der Waals surface area contributed by atoms with E-state index in [-0.39, 0.29) is 17.7 Å². The highest BCUT2D eigenvalue weighted by molar-refractivity contribution is 7.99. The molecule has 134 valence electrons. The van der Waals surface area contributed by atoms with Gasteiger partial charge in [-0.3, -0.25) is 9.89 Å². The number of thioether (sulfide) groups is 1. The van der Waals surface area contributed by atoms with Gasteiger partial charge in [-0.25, -0.2) is 4.98 Å². The fraction of sp³-hybridized carbons (Fsp3) is 0.250. The van der Waals surface area contributed by atoms with Crippen molar-refractivity contribution in [2.45, 2.75) is 31.5 Å². The summed E-state index contributed by atoms with van der Waals surface area (Å²) in [5, 5.41) is 10.7. The molecule has 5 nitrogen and oxygen atoms in total. The molecule has 0 saturated carbocycles. The predicted molar refractivity (Wildman–Crippen MR) is 105 cm³/mol. The molecule has 6 heteroatoms. The van der Waals surface area contributed by atoms with Crippen LogP contribution in [0.4, 0.5) is 0 Å². The number of aryl methyl sites for hydroxylation is 1. The van der Waals surface area contributed by atoms with Crippen molar-refractivity contribution in [3.05, 3.63) is 65.7 Å². The first kappa shape index (κ1) is 18.2. The van der Waals surface area contributed by atoms with Crippen LogP contribution in [0.15, 0.2) is 59.8 Å². The van der Waals surface area contributed by atoms with Crippen LogP contribution in [0.25, 0.3) is 11.4 Å². The van der Waals surface area contributed by atoms with Crippen molar-refractivity contribution in [3.63, 3.8) is 0 Å². The molecule has 26 heavy (non-hydrogen) atoms. The molecule has 3 rings (SSSR count). The molecule has 3 aromatic rings. The molecule has 0 spiro atoms. The third-order valence-electron chi connectivity index (χ3n) is 4.11. The molecule has 0 aliphatic heterocycles. The monoisotopic (exact) mass is 366 g/mol. The Bertz CT molecular complexity index is 846. The van der Waals surface area contributed by atoms with Crippen LogP contribution in [0, 0.1) is 0 Å². The van der Waals surface area contributed by atoms with Gasteiger partial charge in [0.25, 0.3) is 0 Å². The molecule has 0 bridgehead atoms. The number of carbonyl (C=O) groups is 1. The summed E-state index contributed by atoms with van der Waals surface area (Å²) in [6.45, 7) is 4.10. The number of H-pyrrole nitrogens is 1. The number of rotatable bonds is 7. The van der Waals surface area contributed by atoms with Gasteiger partial charge in [0.2, 0.25) is 11.1 Å². The van der Waals surface area contributed by atoms with Gasteiger partial charge in [-0.15, -0.1) is 5.10 Å². The summed E-state index contributed by atoms with van der Waals surface area (Å²) in [5.74, 6) is 0.960. The molecule has 0 saturated heterocycles. The first-order chi connectivity index (χ1) is 12.7. The lowest BCUT2D eigenvalue weighted by Gasteiger charge is -2.13. The fourth-order valence-corrected chi connectivity index (χ4v) is 3.19. The maximum atomic E-state index is 12.1. The normalized spacial score (nSPS) is 11.9. The number of aromatic amines is 1. The van der Waals surface area contributed by atoms with Crippen molar-refractivity contribution in [2.75, 3.05) is 5.75 Å². The van der Waals surface area contributed by atoms with E-state index >= 15 is 0 Å². The van der Waals surface area contributed by atoms with Crippen molar-refractivity contribution in [1.29, 1.82) is 0 Å². The number of aromatic nitrogens is 3. The zero-order valence-electron chi connectivity index (χ0n) is 14.9. The maximum absolute atomic E-state index is 12.1. The summed E-state index contributed by atoms with van der Waals surface area (Å²) in [6.07, 6.45) is 1.01. The van der Waals surface area contributed by atoms with Crippen LogP contribution >= 0.6 is 11.8 Å². The van der Waals surface area contributed by atoms with Gasteiger partial charge in [-0.05, 0) is 24.5 Å². The topological polar surface area (TPSA) is 70.7 Å². The minimum Gasteiger partial charge on any atom is -0.349 e. The lowest BCUT2D eigenvalue weighted by Crippen LogP contribution is -2.28. The second kappa shape index (κ2) is 8.67. The molecule has 0 fully saturated rings. The molecule has 0 aliphatic rings. The Balaban J connectivity index is 1.53. The van der Waals surface area contributed by atoms with E-state index in [1.54, 1.807) is 0 Å². The van der Waals surface area contributed by atoms with Gasteiger partial charge in [0, 0.05) is 5.56 Å². The highest BCUT2D eigenvalue weighted by Gasteiger charge is 2.12.